The highest BCUT2D eigenvalue weighted by molar-refractivity contribution is 9.10. The fraction of sp³-hybridized carbons (Fsp3) is 0.231. The van der Waals surface area contributed by atoms with Gasteiger partial charge in [0.1, 0.15) is 17.6 Å². The van der Waals surface area contributed by atoms with E-state index in [1.165, 1.54) is 0 Å². The van der Waals surface area contributed by atoms with E-state index in [4.69, 9.17) is 15.0 Å². The van der Waals surface area contributed by atoms with Crippen LogP contribution in [0.1, 0.15) is 24.3 Å². The van der Waals surface area contributed by atoms with E-state index >= 15 is 0 Å². The van der Waals surface area contributed by atoms with E-state index in [9.17, 15) is 0 Å². The Morgan fingerprint density at radius 1 is 1.33 bits per heavy atom. The van der Waals surface area contributed by atoms with Crippen LogP contribution in [-0.2, 0) is 0 Å². The average Bonchev–Trinajstić information content (AvgIpc) is 2.79. The van der Waals surface area contributed by atoms with Gasteiger partial charge < -0.3 is 9.15 Å². The first kappa shape index (κ1) is 13.1. The second kappa shape index (κ2) is 6.04. The second-order valence-electron chi connectivity index (χ2n) is 3.71. The number of rotatable bonds is 5. The van der Waals surface area contributed by atoms with Crippen LogP contribution in [0.3, 0.4) is 0 Å². The van der Waals surface area contributed by atoms with Crippen LogP contribution in [0, 0.1) is 0 Å². The predicted molar refractivity (Wildman–Crippen MR) is 73.2 cm³/mol. The number of ether oxygens (including phenoxy) is 1. The number of hydrogen-bond donors (Lipinski definition) is 2. The van der Waals surface area contributed by atoms with Crippen LogP contribution in [0.2, 0.25) is 0 Å². The Hall–Kier alpha value is -1.30. The normalized spacial score (nSPS) is 12.4. The molecule has 0 radical (unpaired) electrons. The third-order valence-electron chi connectivity index (χ3n) is 2.58. The topological polar surface area (TPSA) is 60.4 Å². The smallest absolute Gasteiger partial charge is 0.169 e. The summed E-state index contributed by atoms with van der Waals surface area (Å²) in [5.41, 5.74) is 3.70. The molecule has 0 bridgehead atoms. The quantitative estimate of drug-likeness (QED) is 0.658. The van der Waals surface area contributed by atoms with Gasteiger partial charge in [-0.05, 0) is 41.1 Å². The Morgan fingerprint density at radius 2 is 2.11 bits per heavy atom. The molecule has 0 saturated carbocycles. The van der Waals surface area contributed by atoms with Crippen molar-refractivity contribution in [3.63, 3.8) is 0 Å². The molecule has 1 unspecified atom stereocenters. The van der Waals surface area contributed by atoms with Gasteiger partial charge in [-0.3, -0.25) is 5.84 Å². The van der Waals surface area contributed by atoms with Crippen molar-refractivity contribution in [1.82, 2.24) is 5.43 Å². The lowest BCUT2D eigenvalue weighted by molar-refractivity contribution is 0.330. The molecule has 2 aromatic rings. The summed E-state index contributed by atoms with van der Waals surface area (Å²) in [6.07, 6.45) is 0. The Kier molecular flexibility index (Phi) is 4.41. The maximum Gasteiger partial charge on any atom is 0.169 e. The lowest BCUT2D eigenvalue weighted by Crippen LogP contribution is -2.28. The molecule has 2 rings (SSSR count). The summed E-state index contributed by atoms with van der Waals surface area (Å²) in [6.45, 7) is 2.56. The Labute approximate surface area is 114 Å². The highest BCUT2D eigenvalue weighted by atomic mass is 79.9. The third-order valence-corrected chi connectivity index (χ3v) is 3.00. The Morgan fingerprint density at radius 3 is 2.72 bits per heavy atom. The molecule has 1 aromatic carbocycles. The number of furan rings is 1. The van der Waals surface area contributed by atoms with Gasteiger partial charge in [0.2, 0.25) is 0 Å². The van der Waals surface area contributed by atoms with E-state index < -0.39 is 0 Å². The van der Waals surface area contributed by atoms with Gasteiger partial charge in [-0.15, -0.1) is 0 Å². The highest BCUT2D eigenvalue weighted by Crippen LogP contribution is 2.31. The summed E-state index contributed by atoms with van der Waals surface area (Å²) in [5, 5.41) is 0. The van der Waals surface area contributed by atoms with E-state index in [0.29, 0.717) is 11.3 Å². The fourth-order valence-electron chi connectivity index (χ4n) is 1.81. The third kappa shape index (κ3) is 2.75. The van der Waals surface area contributed by atoms with Gasteiger partial charge in [0, 0.05) is 5.56 Å². The SMILES string of the molecule is CCOc1ccccc1C(NN)c1ccc(Br)o1. The summed E-state index contributed by atoms with van der Waals surface area (Å²) in [4.78, 5) is 0. The van der Waals surface area contributed by atoms with Crippen molar-refractivity contribution in [2.24, 2.45) is 5.84 Å². The van der Waals surface area contributed by atoms with Crippen LogP contribution >= 0.6 is 15.9 Å². The molecule has 5 heteroatoms. The van der Waals surface area contributed by atoms with Crippen molar-refractivity contribution < 1.29 is 9.15 Å². The molecule has 1 aromatic heterocycles. The van der Waals surface area contributed by atoms with Crippen LogP contribution in [0.15, 0.2) is 45.5 Å². The van der Waals surface area contributed by atoms with Gasteiger partial charge in [0.05, 0.1) is 6.61 Å². The van der Waals surface area contributed by atoms with Gasteiger partial charge in [-0.1, -0.05) is 18.2 Å². The minimum absolute atomic E-state index is 0.237. The van der Waals surface area contributed by atoms with E-state index in [-0.39, 0.29) is 6.04 Å². The summed E-state index contributed by atoms with van der Waals surface area (Å²) in [6, 6.07) is 11.2. The van der Waals surface area contributed by atoms with Crippen molar-refractivity contribution in [3.8, 4) is 5.75 Å². The highest BCUT2D eigenvalue weighted by Gasteiger charge is 2.19. The van der Waals surface area contributed by atoms with Crippen LogP contribution in [-0.4, -0.2) is 6.61 Å². The number of hydrazine groups is 1. The lowest BCUT2D eigenvalue weighted by Gasteiger charge is -2.17. The summed E-state index contributed by atoms with van der Waals surface area (Å²) >= 11 is 3.28. The van der Waals surface area contributed by atoms with Crippen molar-refractivity contribution in [1.29, 1.82) is 0 Å². The zero-order valence-corrected chi connectivity index (χ0v) is 11.6. The Bertz CT molecular complexity index is 513. The monoisotopic (exact) mass is 310 g/mol. The number of halogens is 1. The first-order valence-electron chi connectivity index (χ1n) is 5.69. The van der Waals surface area contributed by atoms with Crippen molar-refractivity contribution in [2.45, 2.75) is 13.0 Å². The number of nitrogens with two attached hydrogens (primary N) is 1. The molecule has 0 fully saturated rings. The average molecular weight is 311 g/mol. The van der Waals surface area contributed by atoms with E-state index in [2.05, 4.69) is 21.4 Å². The standard InChI is InChI=1S/C13H15BrN2O2/c1-2-17-10-6-4-3-5-9(10)13(16-15)11-7-8-12(14)18-11/h3-8,13,16H,2,15H2,1H3. The predicted octanol–water partition coefficient (Wildman–Crippen LogP) is 2.99. The first-order chi connectivity index (χ1) is 8.76. The summed E-state index contributed by atoms with van der Waals surface area (Å²) in [5.74, 6) is 7.16. The van der Waals surface area contributed by atoms with E-state index in [1.54, 1.807) is 0 Å². The van der Waals surface area contributed by atoms with Crippen LogP contribution < -0.4 is 16.0 Å². The molecular formula is C13H15BrN2O2. The molecule has 0 amide bonds. The number of nitrogens with one attached hydrogen (secondary N) is 1. The number of hydrogen-bond acceptors (Lipinski definition) is 4. The van der Waals surface area contributed by atoms with Crippen LogP contribution in [0.25, 0.3) is 0 Å². The van der Waals surface area contributed by atoms with Crippen LogP contribution in [0.5, 0.6) is 5.75 Å². The van der Waals surface area contributed by atoms with E-state index in [0.717, 1.165) is 17.1 Å². The molecule has 3 N–H and O–H groups in total. The molecule has 0 aliphatic carbocycles. The zero-order chi connectivity index (χ0) is 13.0. The molecule has 1 heterocycles. The largest absolute Gasteiger partial charge is 0.494 e. The minimum atomic E-state index is -0.237. The molecular weight excluding hydrogens is 296 g/mol. The van der Waals surface area contributed by atoms with Crippen molar-refractivity contribution >= 4 is 15.9 Å². The second-order valence-corrected chi connectivity index (χ2v) is 4.49. The molecule has 96 valence electrons. The molecule has 0 saturated heterocycles. The van der Waals surface area contributed by atoms with Crippen molar-refractivity contribution in [3.05, 3.63) is 52.4 Å². The molecule has 18 heavy (non-hydrogen) atoms. The van der Waals surface area contributed by atoms with Gasteiger partial charge in [-0.2, -0.15) is 0 Å². The molecule has 0 aliphatic heterocycles. The summed E-state index contributed by atoms with van der Waals surface area (Å²) in [7, 11) is 0. The van der Waals surface area contributed by atoms with E-state index in [1.807, 2.05) is 43.3 Å². The van der Waals surface area contributed by atoms with Crippen molar-refractivity contribution in [2.75, 3.05) is 6.61 Å². The van der Waals surface area contributed by atoms with Gasteiger partial charge in [0.15, 0.2) is 4.67 Å². The summed E-state index contributed by atoms with van der Waals surface area (Å²) < 4.78 is 11.8. The molecule has 0 spiro atoms. The zero-order valence-electron chi connectivity index (χ0n) is 10.0. The van der Waals surface area contributed by atoms with Gasteiger partial charge >= 0.3 is 0 Å². The van der Waals surface area contributed by atoms with Gasteiger partial charge in [0.25, 0.3) is 0 Å². The lowest BCUT2D eigenvalue weighted by atomic mass is 10.0. The van der Waals surface area contributed by atoms with Gasteiger partial charge in [-0.25, -0.2) is 5.43 Å². The Balaban J connectivity index is 2.38. The maximum atomic E-state index is 5.63. The molecule has 4 nitrogen and oxygen atoms in total. The molecule has 0 aliphatic rings. The maximum absolute atomic E-state index is 5.63. The van der Waals surface area contributed by atoms with Crippen LogP contribution in [0.4, 0.5) is 0 Å². The number of para-hydroxylation sites is 1. The fourth-order valence-corrected chi connectivity index (χ4v) is 2.13. The first-order valence-corrected chi connectivity index (χ1v) is 6.48. The minimum Gasteiger partial charge on any atom is -0.494 e. The molecule has 1 atom stereocenters. The number of benzene rings is 1.